The number of hydrogen-bond donors (Lipinski definition) is 1. The topological polar surface area (TPSA) is 87.8 Å². The van der Waals surface area contributed by atoms with Gasteiger partial charge in [0.25, 0.3) is 10.0 Å². The van der Waals surface area contributed by atoms with E-state index in [4.69, 9.17) is 4.42 Å². The minimum atomic E-state index is -3.87. The van der Waals surface area contributed by atoms with Crippen LogP contribution in [0.2, 0.25) is 0 Å². The summed E-state index contributed by atoms with van der Waals surface area (Å²) >= 11 is 0. The maximum absolute atomic E-state index is 12.6. The molecule has 0 amide bonds. The minimum Gasteiger partial charge on any atom is -0.480 e. The molecule has 7 heteroatoms. The first-order valence-corrected chi connectivity index (χ1v) is 8.25. The van der Waals surface area contributed by atoms with Crippen molar-refractivity contribution < 1.29 is 22.7 Å². The maximum Gasteiger partial charge on any atom is 0.322 e. The summed E-state index contributed by atoms with van der Waals surface area (Å²) in [5.74, 6) is -0.927. The number of carboxylic acid groups (broad SMARTS) is 1. The number of fused-ring (bicyclic) bond motifs is 1. The van der Waals surface area contributed by atoms with E-state index in [0.29, 0.717) is 6.42 Å². The van der Waals surface area contributed by atoms with E-state index in [-0.39, 0.29) is 17.1 Å². The van der Waals surface area contributed by atoms with Gasteiger partial charge in [-0.15, -0.1) is 0 Å². The quantitative estimate of drug-likeness (QED) is 0.917. The Morgan fingerprint density at radius 3 is 2.75 bits per heavy atom. The molecule has 2 aliphatic rings. The molecular formula is C13H17NO5S. The number of rotatable bonds is 3. The molecule has 1 saturated heterocycles. The van der Waals surface area contributed by atoms with Crippen molar-refractivity contribution in [2.24, 2.45) is 5.92 Å². The van der Waals surface area contributed by atoms with Gasteiger partial charge in [-0.25, -0.2) is 8.42 Å². The summed E-state index contributed by atoms with van der Waals surface area (Å²) < 4.78 is 31.4. The molecule has 20 heavy (non-hydrogen) atoms. The summed E-state index contributed by atoms with van der Waals surface area (Å²) in [7, 11) is -3.87. The molecular weight excluding hydrogens is 282 g/mol. The van der Waals surface area contributed by atoms with Gasteiger partial charge in [-0.05, 0) is 37.3 Å². The van der Waals surface area contributed by atoms with Gasteiger partial charge in [-0.1, -0.05) is 12.8 Å². The van der Waals surface area contributed by atoms with Crippen molar-refractivity contribution >= 4 is 16.0 Å². The summed E-state index contributed by atoms with van der Waals surface area (Å²) in [5, 5.41) is 9.18. The lowest BCUT2D eigenvalue weighted by atomic mass is 9.85. The second kappa shape index (κ2) is 4.89. The highest BCUT2D eigenvalue weighted by molar-refractivity contribution is 7.89. The van der Waals surface area contributed by atoms with Gasteiger partial charge >= 0.3 is 5.97 Å². The Bertz CT molecular complexity index is 594. The fourth-order valence-corrected chi connectivity index (χ4v) is 5.27. The maximum atomic E-state index is 12.6. The Morgan fingerprint density at radius 2 is 2.10 bits per heavy atom. The molecule has 0 radical (unpaired) electrons. The minimum absolute atomic E-state index is 0.148. The van der Waals surface area contributed by atoms with Crippen LogP contribution in [0.3, 0.4) is 0 Å². The summed E-state index contributed by atoms with van der Waals surface area (Å²) in [6, 6.07) is 1.68. The Morgan fingerprint density at radius 1 is 1.35 bits per heavy atom. The zero-order valence-electron chi connectivity index (χ0n) is 10.9. The van der Waals surface area contributed by atoms with E-state index in [9.17, 15) is 18.3 Å². The zero-order valence-corrected chi connectivity index (χ0v) is 11.8. The Kier molecular flexibility index (Phi) is 3.33. The number of hydrogen-bond acceptors (Lipinski definition) is 4. The van der Waals surface area contributed by atoms with Gasteiger partial charge in [-0.2, -0.15) is 4.31 Å². The molecule has 3 unspecified atom stereocenters. The molecule has 1 aromatic heterocycles. The van der Waals surface area contributed by atoms with E-state index in [1.165, 1.54) is 22.7 Å². The highest BCUT2D eigenvalue weighted by Gasteiger charge is 2.51. The molecule has 3 atom stereocenters. The fraction of sp³-hybridized carbons (Fsp3) is 0.615. The third-order valence-corrected chi connectivity index (χ3v) is 6.16. The van der Waals surface area contributed by atoms with Crippen LogP contribution in [0.1, 0.15) is 32.1 Å². The van der Waals surface area contributed by atoms with Crippen molar-refractivity contribution in [1.82, 2.24) is 4.31 Å². The standard InChI is InChI=1S/C13H17NO5S/c15-13(16)11-8-9-4-1-2-5-10(9)14(11)20(17,18)12-6-3-7-19-12/h3,6-7,9-11H,1-2,4-5,8H2,(H,15,16). The van der Waals surface area contributed by atoms with E-state index in [1.807, 2.05) is 0 Å². The van der Waals surface area contributed by atoms with Crippen molar-refractivity contribution in [2.75, 3.05) is 0 Å². The molecule has 1 saturated carbocycles. The predicted molar refractivity (Wildman–Crippen MR) is 69.5 cm³/mol. The summed E-state index contributed by atoms with van der Waals surface area (Å²) in [4.78, 5) is 11.4. The second-order valence-electron chi connectivity index (χ2n) is 5.47. The molecule has 0 aromatic carbocycles. The molecule has 1 aliphatic carbocycles. The van der Waals surface area contributed by atoms with E-state index in [0.717, 1.165) is 25.7 Å². The average molecular weight is 299 g/mol. The van der Waals surface area contributed by atoms with Crippen LogP contribution in [-0.2, 0) is 14.8 Å². The van der Waals surface area contributed by atoms with Gasteiger partial charge in [0, 0.05) is 6.04 Å². The first kappa shape index (κ1) is 13.6. The van der Waals surface area contributed by atoms with Gasteiger partial charge in [0.1, 0.15) is 6.04 Å². The van der Waals surface area contributed by atoms with Crippen LogP contribution in [0, 0.1) is 5.92 Å². The Balaban J connectivity index is 2.01. The molecule has 3 rings (SSSR count). The normalized spacial score (nSPS) is 31.1. The number of sulfonamides is 1. The molecule has 2 fully saturated rings. The number of aliphatic carboxylic acids is 1. The summed E-state index contributed by atoms with van der Waals surface area (Å²) in [6.07, 6.45) is 5.31. The summed E-state index contributed by atoms with van der Waals surface area (Å²) in [5.41, 5.74) is 0. The lowest BCUT2D eigenvalue weighted by Gasteiger charge is -2.31. The van der Waals surface area contributed by atoms with Crippen LogP contribution in [-0.4, -0.2) is 35.9 Å². The lowest BCUT2D eigenvalue weighted by Crippen LogP contribution is -2.45. The van der Waals surface area contributed by atoms with E-state index < -0.39 is 22.0 Å². The third kappa shape index (κ3) is 2.05. The van der Waals surface area contributed by atoms with Gasteiger partial charge in [0.15, 0.2) is 0 Å². The van der Waals surface area contributed by atoms with Crippen LogP contribution < -0.4 is 0 Å². The highest BCUT2D eigenvalue weighted by Crippen LogP contribution is 2.42. The van der Waals surface area contributed by atoms with Crippen molar-refractivity contribution in [2.45, 2.75) is 49.3 Å². The molecule has 6 nitrogen and oxygen atoms in total. The Labute approximate surface area is 117 Å². The van der Waals surface area contributed by atoms with Crippen LogP contribution in [0.15, 0.2) is 27.9 Å². The zero-order chi connectivity index (χ0) is 14.3. The second-order valence-corrected chi connectivity index (χ2v) is 7.24. The van der Waals surface area contributed by atoms with Crippen molar-refractivity contribution in [1.29, 1.82) is 0 Å². The van der Waals surface area contributed by atoms with Gasteiger partial charge in [-0.3, -0.25) is 4.79 Å². The van der Waals surface area contributed by atoms with Gasteiger partial charge in [0.05, 0.1) is 6.26 Å². The molecule has 110 valence electrons. The summed E-state index contributed by atoms with van der Waals surface area (Å²) in [6.45, 7) is 0. The monoisotopic (exact) mass is 299 g/mol. The molecule has 1 aromatic rings. The van der Waals surface area contributed by atoms with Crippen molar-refractivity contribution in [3.8, 4) is 0 Å². The van der Waals surface area contributed by atoms with Crippen LogP contribution in [0.4, 0.5) is 0 Å². The SMILES string of the molecule is O=C(O)C1CC2CCCCC2N1S(=O)(=O)c1ccco1. The van der Waals surface area contributed by atoms with Crippen LogP contribution >= 0.6 is 0 Å². The number of furan rings is 1. The van der Waals surface area contributed by atoms with Crippen molar-refractivity contribution in [3.05, 3.63) is 18.4 Å². The van der Waals surface area contributed by atoms with Crippen molar-refractivity contribution in [3.63, 3.8) is 0 Å². The van der Waals surface area contributed by atoms with Crippen LogP contribution in [0.5, 0.6) is 0 Å². The molecule has 1 aliphatic heterocycles. The fourth-order valence-electron chi connectivity index (χ4n) is 3.49. The predicted octanol–water partition coefficient (Wildman–Crippen LogP) is 1.69. The molecule has 2 heterocycles. The molecule has 1 N–H and O–H groups in total. The first-order chi connectivity index (χ1) is 9.51. The Hall–Kier alpha value is -1.34. The number of carbonyl (C=O) groups is 1. The average Bonchev–Trinajstić information content (AvgIpc) is 3.06. The number of nitrogens with zero attached hydrogens (tertiary/aromatic N) is 1. The first-order valence-electron chi connectivity index (χ1n) is 6.81. The lowest BCUT2D eigenvalue weighted by molar-refractivity contribution is -0.141. The highest BCUT2D eigenvalue weighted by atomic mass is 32.2. The van der Waals surface area contributed by atoms with Gasteiger partial charge < -0.3 is 9.52 Å². The van der Waals surface area contributed by atoms with Gasteiger partial charge in [0.2, 0.25) is 5.09 Å². The smallest absolute Gasteiger partial charge is 0.322 e. The number of carboxylic acids is 1. The van der Waals surface area contributed by atoms with E-state index in [2.05, 4.69) is 0 Å². The third-order valence-electron chi connectivity index (χ3n) is 4.34. The van der Waals surface area contributed by atoms with E-state index in [1.54, 1.807) is 0 Å². The largest absolute Gasteiger partial charge is 0.480 e. The van der Waals surface area contributed by atoms with E-state index >= 15 is 0 Å². The van der Waals surface area contributed by atoms with Crippen LogP contribution in [0.25, 0.3) is 0 Å². The molecule has 0 bridgehead atoms. The molecule has 0 spiro atoms.